The molecule has 0 spiro atoms. The van der Waals surface area contributed by atoms with Crippen LogP contribution >= 0.6 is 0 Å². The summed E-state index contributed by atoms with van der Waals surface area (Å²) >= 11 is 0. The molecule has 0 radical (unpaired) electrons. The van der Waals surface area contributed by atoms with Gasteiger partial charge in [0.05, 0.1) is 6.61 Å². The Labute approximate surface area is 149 Å². The van der Waals surface area contributed by atoms with Gasteiger partial charge in [0.1, 0.15) is 0 Å². The maximum absolute atomic E-state index is 12.0. The van der Waals surface area contributed by atoms with Crippen LogP contribution in [-0.4, -0.2) is 23.5 Å². The first-order valence-electron chi connectivity index (χ1n) is 9.30. The fraction of sp³-hybridized carbons (Fsp3) is 0.571. The summed E-state index contributed by atoms with van der Waals surface area (Å²) < 4.78 is 5.90. The molecule has 0 saturated heterocycles. The van der Waals surface area contributed by atoms with E-state index in [1.54, 1.807) is 13.0 Å². The Kier molecular flexibility index (Phi) is 7.27. The zero-order valence-electron chi connectivity index (χ0n) is 15.3. The normalized spacial score (nSPS) is 18.5. The Bertz CT molecular complexity index is 639. The van der Waals surface area contributed by atoms with Gasteiger partial charge in [-0.2, -0.15) is 0 Å². The number of rotatable bonds is 8. The Morgan fingerprint density at radius 2 is 2.00 bits per heavy atom. The smallest absolute Gasteiger partial charge is 0.303 e. The van der Waals surface area contributed by atoms with Crippen molar-refractivity contribution in [3.8, 4) is 0 Å². The standard InChI is InChI=1S/C21H28O4/c1-3-16-14-19(17-8-5-4-6-9-17)20(12-11-18(16)15(2)22)25-13-7-10-21(23)24/h11,14,17H,3-10,13H2,1-2H3,(H,23,24). The highest BCUT2D eigenvalue weighted by Gasteiger charge is 2.24. The Morgan fingerprint density at radius 3 is 2.60 bits per heavy atom. The zero-order chi connectivity index (χ0) is 18.2. The predicted octanol–water partition coefficient (Wildman–Crippen LogP) is 4.72. The lowest BCUT2D eigenvalue weighted by atomic mass is 9.82. The molecule has 0 bridgehead atoms. The summed E-state index contributed by atoms with van der Waals surface area (Å²) in [5, 5.41) is 8.77. The summed E-state index contributed by atoms with van der Waals surface area (Å²) in [7, 11) is 0. The van der Waals surface area contributed by atoms with E-state index < -0.39 is 5.97 Å². The van der Waals surface area contributed by atoms with Gasteiger partial charge in [0.15, 0.2) is 11.5 Å². The minimum absolute atomic E-state index is 0.0377. The highest BCUT2D eigenvalue weighted by atomic mass is 16.5. The van der Waals surface area contributed by atoms with Crippen LogP contribution in [0.1, 0.15) is 65.2 Å². The summed E-state index contributed by atoms with van der Waals surface area (Å²) in [6.45, 7) is 3.99. The summed E-state index contributed by atoms with van der Waals surface area (Å²) in [5.74, 6) is 0.332. The summed E-state index contributed by atoms with van der Waals surface area (Å²) in [5.41, 5.74) is 6.04. The van der Waals surface area contributed by atoms with Crippen LogP contribution in [0.15, 0.2) is 40.4 Å². The van der Waals surface area contributed by atoms with E-state index in [1.165, 1.54) is 19.3 Å². The lowest BCUT2D eigenvalue weighted by Crippen LogP contribution is -2.13. The number of carboxylic acids is 1. The van der Waals surface area contributed by atoms with Crippen LogP contribution in [0.5, 0.6) is 0 Å². The number of ketones is 1. The van der Waals surface area contributed by atoms with E-state index in [0.29, 0.717) is 30.3 Å². The summed E-state index contributed by atoms with van der Waals surface area (Å²) in [4.78, 5) is 22.6. The third-order valence-corrected chi connectivity index (χ3v) is 4.87. The number of hydrogen-bond donors (Lipinski definition) is 1. The van der Waals surface area contributed by atoms with E-state index in [4.69, 9.17) is 9.84 Å². The van der Waals surface area contributed by atoms with Crippen LogP contribution in [-0.2, 0) is 14.3 Å². The van der Waals surface area contributed by atoms with Crippen molar-refractivity contribution in [3.63, 3.8) is 0 Å². The molecular formula is C21H28O4. The van der Waals surface area contributed by atoms with Crippen molar-refractivity contribution in [1.82, 2.24) is 0 Å². The van der Waals surface area contributed by atoms with Gasteiger partial charge in [-0.25, -0.2) is 0 Å². The van der Waals surface area contributed by atoms with Crippen molar-refractivity contribution in [2.24, 2.45) is 5.92 Å². The van der Waals surface area contributed by atoms with Gasteiger partial charge in [0.2, 0.25) is 0 Å². The third kappa shape index (κ3) is 5.47. The number of ether oxygens (including phenoxy) is 1. The zero-order valence-corrected chi connectivity index (χ0v) is 15.3. The molecule has 0 aliphatic heterocycles. The van der Waals surface area contributed by atoms with Crippen LogP contribution in [0.3, 0.4) is 0 Å². The lowest BCUT2D eigenvalue weighted by Gasteiger charge is -2.25. The maximum atomic E-state index is 12.0. The van der Waals surface area contributed by atoms with E-state index in [0.717, 1.165) is 30.4 Å². The van der Waals surface area contributed by atoms with Gasteiger partial charge in [-0.3, -0.25) is 9.59 Å². The molecule has 0 aromatic carbocycles. The van der Waals surface area contributed by atoms with Crippen LogP contribution < -0.4 is 0 Å². The molecule has 0 amide bonds. The fourth-order valence-corrected chi connectivity index (χ4v) is 3.50. The molecule has 2 rings (SSSR count). The Hall–Kier alpha value is -2.06. The van der Waals surface area contributed by atoms with Gasteiger partial charge in [-0.1, -0.05) is 38.0 Å². The van der Waals surface area contributed by atoms with Crippen molar-refractivity contribution in [1.29, 1.82) is 0 Å². The van der Waals surface area contributed by atoms with E-state index in [9.17, 15) is 9.59 Å². The van der Waals surface area contributed by atoms with Crippen molar-refractivity contribution in [2.45, 2.75) is 65.2 Å². The monoisotopic (exact) mass is 344 g/mol. The van der Waals surface area contributed by atoms with Crippen molar-refractivity contribution >= 4 is 11.8 Å². The molecule has 0 heterocycles. The first kappa shape index (κ1) is 19.3. The van der Waals surface area contributed by atoms with E-state index in [2.05, 4.69) is 18.7 Å². The SMILES string of the molecule is CCC1=C(C(C)=O)C=C=C(OCCCC(=O)O)C(C2CCCCC2)=C1. The van der Waals surface area contributed by atoms with Crippen LogP contribution in [0.2, 0.25) is 0 Å². The Balaban J connectivity index is 2.28. The minimum Gasteiger partial charge on any atom is -0.486 e. The number of allylic oxidation sites excluding steroid dienone is 4. The number of aliphatic carboxylic acids is 1. The van der Waals surface area contributed by atoms with Crippen molar-refractivity contribution in [2.75, 3.05) is 6.61 Å². The molecule has 0 unspecified atom stereocenters. The average molecular weight is 344 g/mol. The fourth-order valence-electron chi connectivity index (χ4n) is 3.50. The summed E-state index contributed by atoms with van der Waals surface area (Å²) in [6.07, 6.45) is 11.1. The lowest BCUT2D eigenvalue weighted by molar-refractivity contribution is -0.137. The van der Waals surface area contributed by atoms with Gasteiger partial charge in [-0.15, -0.1) is 0 Å². The van der Waals surface area contributed by atoms with Crippen LogP contribution in [0.4, 0.5) is 0 Å². The van der Waals surface area contributed by atoms with Gasteiger partial charge in [0, 0.05) is 17.6 Å². The second kappa shape index (κ2) is 9.43. The number of Topliss-reactive ketones (excluding diaryl/α,β-unsaturated/α-hetero) is 1. The van der Waals surface area contributed by atoms with Gasteiger partial charge >= 0.3 is 5.97 Å². The molecule has 2 aliphatic rings. The topological polar surface area (TPSA) is 63.6 Å². The highest BCUT2D eigenvalue weighted by Crippen LogP contribution is 2.36. The highest BCUT2D eigenvalue weighted by molar-refractivity contribution is 5.97. The first-order valence-corrected chi connectivity index (χ1v) is 9.30. The number of carbonyl (C=O) groups is 2. The summed E-state index contributed by atoms with van der Waals surface area (Å²) in [6, 6.07) is 0. The van der Waals surface area contributed by atoms with Gasteiger partial charge in [0.25, 0.3) is 0 Å². The van der Waals surface area contributed by atoms with Gasteiger partial charge in [-0.05, 0) is 50.2 Å². The number of carbonyl (C=O) groups excluding carboxylic acids is 1. The second-order valence-electron chi connectivity index (χ2n) is 6.75. The third-order valence-electron chi connectivity index (χ3n) is 4.87. The molecule has 2 aliphatic carbocycles. The average Bonchev–Trinajstić information content (AvgIpc) is 2.78. The Morgan fingerprint density at radius 1 is 1.28 bits per heavy atom. The molecule has 4 nitrogen and oxygen atoms in total. The largest absolute Gasteiger partial charge is 0.486 e. The maximum Gasteiger partial charge on any atom is 0.303 e. The predicted molar refractivity (Wildman–Crippen MR) is 97.1 cm³/mol. The molecule has 1 N–H and O–H groups in total. The molecule has 25 heavy (non-hydrogen) atoms. The van der Waals surface area contributed by atoms with Crippen LogP contribution in [0.25, 0.3) is 0 Å². The molecule has 136 valence electrons. The van der Waals surface area contributed by atoms with Gasteiger partial charge < -0.3 is 9.84 Å². The quantitative estimate of drug-likeness (QED) is 0.511. The molecular weight excluding hydrogens is 316 g/mol. The minimum atomic E-state index is -0.814. The van der Waals surface area contributed by atoms with E-state index >= 15 is 0 Å². The van der Waals surface area contributed by atoms with Crippen molar-refractivity contribution < 1.29 is 19.4 Å². The molecule has 0 aromatic rings. The molecule has 4 heteroatoms. The number of hydrogen-bond acceptors (Lipinski definition) is 3. The number of carboxylic acid groups (broad SMARTS) is 1. The second-order valence-corrected chi connectivity index (χ2v) is 6.75. The van der Waals surface area contributed by atoms with Crippen molar-refractivity contribution in [3.05, 3.63) is 40.4 Å². The van der Waals surface area contributed by atoms with Crippen LogP contribution in [0, 0.1) is 5.92 Å². The molecule has 0 atom stereocenters. The molecule has 1 fully saturated rings. The first-order chi connectivity index (χ1) is 12.0. The molecule has 0 aromatic heterocycles. The van der Waals surface area contributed by atoms with E-state index in [-0.39, 0.29) is 12.2 Å². The van der Waals surface area contributed by atoms with E-state index in [1.807, 2.05) is 0 Å². The molecule has 1 saturated carbocycles.